The van der Waals surface area contributed by atoms with Gasteiger partial charge >= 0.3 is 6.09 Å². The summed E-state index contributed by atoms with van der Waals surface area (Å²) in [5.41, 5.74) is -0.430. The zero-order chi connectivity index (χ0) is 14.0. The highest BCUT2D eigenvalue weighted by Gasteiger charge is 2.16. The molecule has 0 aromatic carbocycles. The van der Waals surface area contributed by atoms with Crippen molar-refractivity contribution in [2.45, 2.75) is 71.9 Å². The van der Waals surface area contributed by atoms with Crippen molar-refractivity contribution in [1.82, 2.24) is 10.6 Å². The average Bonchev–Trinajstić information content (AvgIpc) is 2.26. The van der Waals surface area contributed by atoms with Crippen LogP contribution in [-0.2, 0) is 4.74 Å². The van der Waals surface area contributed by atoms with Gasteiger partial charge in [-0.3, -0.25) is 0 Å². The third kappa shape index (κ3) is 10.4. The molecule has 0 aliphatic rings. The minimum Gasteiger partial charge on any atom is -0.444 e. The molecule has 4 heteroatoms. The molecule has 0 aliphatic carbocycles. The summed E-state index contributed by atoms with van der Waals surface area (Å²) in [6, 6.07) is 0.328. The Morgan fingerprint density at radius 3 is 2.39 bits per heavy atom. The fourth-order valence-corrected chi connectivity index (χ4v) is 1.56. The van der Waals surface area contributed by atoms with Gasteiger partial charge < -0.3 is 15.4 Å². The van der Waals surface area contributed by atoms with Crippen LogP contribution in [-0.4, -0.2) is 30.8 Å². The smallest absolute Gasteiger partial charge is 0.407 e. The summed E-state index contributed by atoms with van der Waals surface area (Å²) in [5, 5.41) is 6.26. The molecule has 1 atom stereocenters. The van der Waals surface area contributed by atoms with Crippen LogP contribution in [0.5, 0.6) is 0 Å². The van der Waals surface area contributed by atoms with Crippen molar-refractivity contribution in [2.24, 2.45) is 0 Å². The van der Waals surface area contributed by atoms with Crippen LogP contribution in [0.2, 0.25) is 0 Å². The zero-order valence-electron chi connectivity index (χ0n) is 12.6. The monoisotopic (exact) mass is 258 g/mol. The highest BCUT2D eigenvalue weighted by Crippen LogP contribution is 2.06. The predicted molar refractivity (Wildman–Crippen MR) is 75.8 cm³/mol. The number of carbonyl (C=O) groups excluding carboxylic acids is 1. The first-order chi connectivity index (χ1) is 8.39. The first kappa shape index (κ1) is 17.2. The molecule has 0 aromatic heterocycles. The molecule has 4 nitrogen and oxygen atoms in total. The van der Waals surface area contributed by atoms with Crippen molar-refractivity contribution in [3.8, 4) is 0 Å². The quantitative estimate of drug-likeness (QED) is 0.658. The van der Waals surface area contributed by atoms with E-state index in [9.17, 15) is 4.79 Å². The van der Waals surface area contributed by atoms with Crippen molar-refractivity contribution < 1.29 is 9.53 Å². The molecule has 0 rings (SSSR count). The first-order valence-corrected chi connectivity index (χ1v) is 7.09. The van der Waals surface area contributed by atoms with E-state index in [0.29, 0.717) is 12.6 Å². The van der Waals surface area contributed by atoms with Gasteiger partial charge in [-0.15, -0.1) is 0 Å². The van der Waals surface area contributed by atoms with Gasteiger partial charge in [-0.25, -0.2) is 4.79 Å². The molecule has 18 heavy (non-hydrogen) atoms. The van der Waals surface area contributed by atoms with E-state index >= 15 is 0 Å². The highest BCUT2D eigenvalue weighted by atomic mass is 16.6. The summed E-state index contributed by atoms with van der Waals surface area (Å²) in [7, 11) is 0. The summed E-state index contributed by atoms with van der Waals surface area (Å²) in [6.45, 7) is 11.6. The van der Waals surface area contributed by atoms with Gasteiger partial charge in [0.2, 0.25) is 0 Å². The summed E-state index contributed by atoms with van der Waals surface area (Å²) >= 11 is 0. The maximum atomic E-state index is 11.5. The highest BCUT2D eigenvalue weighted by molar-refractivity contribution is 5.67. The van der Waals surface area contributed by atoms with E-state index in [1.165, 1.54) is 19.3 Å². The molecular weight excluding hydrogens is 228 g/mol. The third-order valence-electron chi connectivity index (χ3n) is 2.60. The lowest BCUT2D eigenvalue weighted by molar-refractivity contribution is 0.0522. The number of rotatable bonds is 8. The maximum Gasteiger partial charge on any atom is 0.407 e. The second-order valence-corrected chi connectivity index (χ2v) is 5.65. The largest absolute Gasteiger partial charge is 0.444 e. The molecule has 1 amide bonds. The van der Waals surface area contributed by atoms with E-state index < -0.39 is 5.60 Å². The summed E-state index contributed by atoms with van der Waals surface area (Å²) in [5.74, 6) is 0. The molecule has 0 heterocycles. The SMILES string of the molecule is CCCCCNC(CC)CNC(=O)OC(C)(C)C. The van der Waals surface area contributed by atoms with Crippen LogP contribution >= 0.6 is 0 Å². The molecule has 0 aromatic rings. The van der Waals surface area contributed by atoms with Crippen molar-refractivity contribution in [3.05, 3.63) is 0 Å². The molecule has 2 N–H and O–H groups in total. The number of amides is 1. The van der Waals surface area contributed by atoms with E-state index in [-0.39, 0.29) is 6.09 Å². The number of alkyl carbamates (subject to hydrolysis) is 1. The van der Waals surface area contributed by atoms with Crippen molar-refractivity contribution in [2.75, 3.05) is 13.1 Å². The maximum absolute atomic E-state index is 11.5. The lowest BCUT2D eigenvalue weighted by atomic mass is 10.2. The Morgan fingerprint density at radius 1 is 1.22 bits per heavy atom. The molecule has 0 aliphatic heterocycles. The van der Waals surface area contributed by atoms with Crippen molar-refractivity contribution in [1.29, 1.82) is 0 Å². The van der Waals surface area contributed by atoms with E-state index in [4.69, 9.17) is 4.74 Å². The number of carbonyl (C=O) groups is 1. The van der Waals surface area contributed by atoms with Gasteiger partial charge in [-0.1, -0.05) is 26.7 Å². The lowest BCUT2D eigenvalue weighted by Gasteiger charge is -2.22. The van der Waals surface area contributed by atoms with Gasteiger partial charge in [0.15, 0.2) is 0 Å². The summed E-state index contributed by atoms with van der Waals surface area (Å²) in [4.78, 5) is 11.5. The van der Waals surface area contributed by atoms with Crippen LogP contribution in [0.1, 0.15) is 60.3 Å². The van der Waals surface area contributed by atoms with Gasteiger partial charge in [0.1, 0.15) is 5.60 Å². The van der Waals surface area contributed by atoms with E-state index in [0.717, 1.165) is 13.0 Å². The molecule has 0 saturated carbocycles. The van der Waals surface area contributed by atoms with Crippen molar-refractivity contribution in [3.63, 3.8) is 0 Å². The van der Waals surface area contributed by atoms with E-state index in [1.807, 2.05) is 20.8 Å². The fourth-order valence-electron chi connectivity index (χ4n) is 1.56. The number of ether oxygens (including phenoxy) is 1. The number of hydrogen-bond acceptors (Lipinski definition) is 3. The number of nitrogens with one attached hydrogen (secondary N) is 2. The lowest BCUT2D eigenvalue weighted by Crippen LogP contribution is -2.42. The van der Waals surface area contributed by atoms with Crippen LogP contribution in [0.4, 0.5) is 4.79 Å². The number of hydrogen-bond donors (Lipinski definition) is 2. The Kier molecular flexibility index (Phi) is 8.81. The van der Waals surface area contributed by atoms with Crippen LogP contribution < -0.4 is 10.6 Å². The molecular formula is C14H30N2O2. The van der Waals surface area contributed by atoms with Crippen LogP contribution in [0, 0.1) is 0 Å². The van der Waals surface area contributed by atoms with Crippen LogP contribution in [0.3, 0.4) is 0 Å². The molecule has 0 spiro atoms. The van der Waals surface area contributed by atoms with Gasteiger partial charge in [0.05, 0.1) is 0 Å². The molecule has 108 valence electrons. The van der Waals surface area contributed by atoms with Gasteiger partial charge in [0, 0.05) is 12.6 Å². The Bertz CT molecular complexity index is 224. The molecule has 0 bridgehead atoms. The number of unbranched alkanes of at least 4 members (excludes halogenated alkanes) is 2. The van der Waals surface area contributed by atoms with Gasteiger partial charge in [-0.2, -0.15) is 0 Å². The molecule has 0 fully saturated rings. The van der Waals surface area contributed by atoms with E-state index in [1.54, 1.807) is 0 Å². The predicted octanol–water partition coefficient (Wildman–Crippen LogP) is 3.07. The van der Waals surface area contributed by atoms with E-state index in [2.05, 4.69) is 24.5 Å². The summed E-state index contributed by atoms with van der Waals surface area (Å²) in [6.07, 6.45) is 4.34. The van der Waals surface area contributed by atoms with Crippen LogP contribution in [0.15, 0.2) is 0 Å². The minimum atomic E-state index is -0.430. The fraction of sp³-hybridized carbons (Fsp3) is 0.929. The zero-order valence-corrected chi connectivity index (χ0v) is 12.6. The van der Waals surface area contributed by atoms with Gasteiger partial charge in [-0.05, 0) is 40.2 Å². The second-order valence-electron chi connectivity index (χ2n) is 5.65. The molecule has 0 radical (unpaired) electrons. The standard InChI is InChI=1S/C14H30N2O2/c1-6-8-9-10-15-12(7-2)11-16-13(17)18-14(3,4)5/h12,15H,6-11H2,1-5H3,(H,16,17). The summed E-state index contributed by atoms with van der Waals surface area (Å²) < 4.78 is 5.20. The first-order valence-electron chi connectivity index (χ1n) is 7.09. The Balaban J connectivity index is 3.75. The Labute approximate surface area is 112 Å². The topological polar surface area (TPSA) is 50.4 Å². The van der Waals surface area contributed by atoms with Crippen LogP contribution in [0.25, 0.3) is 0 Å². The molecule has 0 saturated heterocycles. The Hall–Kier alpha value is -0.770. The Morgan fingerprint density at radius 2 is 1.89 bits per heavy atom. The van der Waals surface area contributed by atoms with Gasteiger partial charge in [0.25, 0.3) is 0 Å². The molecule has 1 unspecified atom stereocenters. The normalized spacial score (nSPS) is 13.2. The second kappa shape index (κ2) is 9.20. The average molecular weight is 258 g/mol. The third-order valence-corrected chi connectivity index (χ3v) is 2.60. The minimum absolute atomic E-state index is 0.328. The van der Waals surface area contributed by atoms with Crippen molar-refractivity contribution >= 4 is 6.09 Å².